The molecule has 2 aromatic heterocycles. The van der Waals surface area contributed by atoms with Gasteiger partial charge in [-0.15, -0.1) is 11.3 Å². The lowest BCUT2D eigenvalue weighted by Gasteiger charge is -2.33. The number of amides is 1. The van der Waals surface area contributed by atoms with Crippen molar-refractivity contribution < 1.29 is 17.9 Å². The first-order valence-electron chi connectivity index (χ1n) is 9.59. The molecule has 2 aromatic rings. The van der Waals surface area contributed by atoms with E-state index >= 15 is 0 Å². The van der Waals surface area contributed by atoms with Crippen LogP contribution in [0.25, 0.3) is 0 Å². The Kier molecular flexibility index (Phi) is 5.69. The normalized spacial score (nSPS) is 25.0. The van der Waals surface area contributed by atoms with Gasteiger partial charge in [0.05, 0.1) is 30.2 Å². The van der Waals surface area contributed by atoms with Gasteiger partial charge in [0.25, 0.3) is 10.0 Å². The van der Waals surface area contributed by atoms with Crippen molar-refractivity contribution in [3.63, 3.8) is 0 Å². The van der Waals surface area contributed by atoms with Crippen LogP contribution < -0.4 is 5.32 Å². The van der Waals surface area contributed by atoms with Crippen molar-refractivity contribution in [3.8, 4) is 0 Å². The number of carbonyl (C=O) groups excluding carboxylic acids is 1. The zero-order valence-electron chi connectivity index (χ0n) is 16.4. The maximum atomic E-state index is 12.9. The monoisotopic (exact) mass is 436 g/mol. The highest BCUT2D eigenvalue weighted by Crippen LogP contribution is 2.36. The van der Waals surface area contributed by atoms with E-state index in [0.717, 1.165) is 11.3 Å². The highest BCUT2D eigenvalue weighted by molar-refractivity contribution is 7.91. The van der Waals surface area contributed by atoms with Crippen molar-refractivity contribution in [2.45, 2.75) is 49.7 Å². The fourth-order valence-corrected chi connectivity index (χ4v) is 6.85. The quantitative estimate of drug-likeness (QED) is 0.765. The minimum Gasteiger partial charge on any atom is -0.363 e. The van der Waals surface area contributed by atoms with Crippen molar-refractivity contribution in [2.75, 3.05) is 13.1 Å². The minimum absolute atomic E-state index is 0.190. The summed E-state index contributed by atoms with van der Waals surface area (Å²) in [5.74, 6) is 0.00563. The molecular weight excluding hydrogens is 412 g/mol. The summed E-state index contributed by atoms with van der Waals surface area (Å²) in [5.41, 5.74) is 2.27. The number of fused-ring (bicyclic) bond motifs is 1. The third-order valence-corrected chi connectivity index (χ3v) is 9.01. The second-order valence-corrected chi connectivity index (χ2v) is 10.6. The molecule has 1 amide bonds. The highest BCUT2D eigenvalue weighted by atomic mass is 32.2. The number of hydrogen-bond acceptors (Lipinski definition) is 7. The molecule has 0 spiro atoms. The number of thiophene rings is 1. The lowest BCUT2D eigenvalue weighted by Crippen LogP contribution is -2.45. The molecule has 156 valence electrons. The first kappa shape index (κ1) is 20.4. The molecular formula is C19H24N4O4S2. The number of rotatable bonds is 5. The molecule has 0 aromatic carbocycles. The SMILES string of the molecule is Cc1cnc(CNC(=O)[C@H]2C[C@@H]3CCN(S(=O)(=O)c4sccc4C)C[C@H]3O2)cn1. The number of carbonyl (C=O) groups is 1. The van der Waals surface area contributed by atoms with Crippen molar-refractivity contribution in [3.05, 3.63) is 40.8 Å². The summed E-state index contributed by atoms with van der Waals surface area (Å²) in [7, 11) is -3.52. The first-order chi connectivity index (χ1) is 13.8. The van der Waals surface area contributed by atoms with Gasteiger partial charge in [0.2, 0.25) is 5.91 Å². The van der Waals surface area contributed by atoms with E-state index in [-0.39, 0.29) is 24.5 Å². The second-order valence-electron chi connectivity index (χ2n) is 7.57. The summed E-state index contributed by atoms with van der Waals surface area (Å²) >= 11 is 1.24. The van der Waals surface area contributed by atoms with E-state index in [1.165, 1.54) is 15.6 Å². The molecule has 4 heterocycles. The van der Waals surface area contributed by atoms with E-state index in [4.69, 9.17) is 4.74 Å². The van der Waals surface area contributed by atoms with Crippen LogP contribution in [0.1, 0.15) is 29.8 Å². The maximum Gasteiger partial charge on any atom is 0.252 e. The predicted molar refractivity (Wildman–Crippen MR) is 108 cm³/mol. The number of nitrogens with zero attached hydrogens (tertiary/aromatic N) is 3. The van der Waals surface area contributed by atoms with Gasteiger partial charge in [-0.05, 0) is 49.6 Å². The summed E-state index contributed by atoms with van der Waals surface area (Å²) in [6, 6.07) is 1.81. The van der Waals surface area contributed by atoms with Gasteiger partial charge in [0, 0.05) is 19.3 Å². The topological polar surface area (TPSA) is 101 Å². The van der Waals surface area contributed by atoms with Crippen molar-refractivity contribution in [1.29, 1.82) is 0 Å². The largest absolute Gasteiger partial charge is 0.363 e. The van der Waals surface area contributed by atoms with E-state index < -0.39 is 16.1 Å². The Hall–Kier alpha value is -1.88. The smallest absolute Gasteiger partial charge is 0.252 e. The van der Waals surface area contributed by atoms with Crippen LogP contribution in [0.15, 0.2) is 28.0 Å². The molecule has 1 N–H and O–H groups in total. The molecule has 0 bridgehead atoms. The van der Waals surface area contributed by atoms with Crippen LogP contribution in [0, 0.1) is 19.8 Å². The van der Waals surface area contributed by atoms with E-state index in [1.54, 1.807) is 24.7 Å². The third-order valence-electron chi connectivity index (χ3n) is 5.47. The third kappa shape index (κ3) is 4.20. The highest BCUT2D eigenvalue weighted by Gasteiger charge is 2.44. The molecule has 4 rings (SSSR count). The molecule has 10 heteroatoms. The van der Waals surface area contributed by atoms with Crippen molar-refractivity contribution in [1.82, 2.24) is 19.6 Å². The molecule has 0 radical (unpaired) electrons. The van der Waals surface area contributed by atoms with Crippen LogP contribution >= 0.6 is 11.3 Å². The van der Waals surface area contributed by atoms with E-state index in [1.807, 2.05) is 13.0 Å². The summed E-state index contributed by atoms with van der Waals surface area (Å²) in [5, 5.41) is 4.64. The number of sulfonamides is 1. The summed E-state index contributed by atoms with van der Waals surface area (Å²) in [6.45, 7) is 4.70. The number of piperidine rings is 1. The number of aromatic nitrogens is 2. The van der Waals surface area contributed by atoms with Crippen LogP contribution in [0.3, 0.4) is 0 Å². The van der Waals surface area contributed by atoms with Crippen molar-refractivity contribution in [2.24, 2.45) is 5.92 Å². The number of hydrogen-bond donors (Lipinski definition) is 1. The summed E-state index contributed by atoms with van der Waals surface area (Å²) in [4.78, 5) is 20.9. The maximum absolute atomic E-state index is 12.9. The van der Waals surface area contributed by atoms with Gasteiger partial charge in [-0.25, -0.2) is 8.42 Å². The fourth-order valence-electron chi connectivity index (χ4n) is 3.83. The average molecular weight is 437 g/mol. The Bertz CT molecular complexity index is 990. The molecule has 0 saturated carbocycles. The Labute approximate surface area is 174 Å². The Balaban J connectivity index is 1.36. The molecule has 29 heavy (non-hydrogen) atoms. The van der Waals surface area contributed by atoms with Crippen LogP contribution in [-0.2, 0) is 26.1 Å². The van der Waals surface area contributed by atoms with E-state index in [0.29, 0.717) is 35.8 Å². The van der Waals surface area contributed by atoms with Crippen LogP contribution in [0.4, 0.5) is 0 Å². The van der Waals surface area contributed by atoms with Crippen molar-refractivity contribution >= 4 is 27.3 Å². The van der Waals surface area contributed by atoms with Gasteiger partial charge in [0.15, 0.2) is 0 Å². The van der Waals surface area contributed by atoms with Crippen LogP contribution in [-0.4, -0.2) is 53.9 Å². The van der Waals surface area contributed by atoms with E-state index in [2.05, 4.69) is 15.3 Å². The molecule has 8 nitrogen and oxygen atoms in total. The minimum atomic E-state index is -3.52. The molecule has 2 saturated heterocycles. The van der Waals surface area contributed by atoms with Gasteiger partial charge in [-0.3, -0.25) is 14.8 Å². The van der Waals surface area contributed by atoms with Gasteiger partial charge in [-0.2, -0.15) is 4.31 Å². The molecule has 2 fully saturated rings. The van der Waals surface area contributed by atoms with Gasteiger partial charge < -0.3 is 10.1 Å². The summed E-state index contributed by atoms with van der Waals surface area (Å²) < 4.78 is 33.7. The molecule has 2 aliphatic heterocycles. The first-order valence-corrected chi connectivity index (χ1v) is 11.9. The molecule has 0 aliphatic carbocycles. The van der Waals surface area contributed by atoms with Crippen LogP contribution in [0.5, 0.6) is 0 Å². The standard InChI is InChI=1S/C19H24N4O4S2/c1-12-4-6-28-19(12)29(25,26)23-5-3-14-7-16(27-17(14)11-23)18(24)22-10-15-9-20-13(2)8-21-15/h4,6,8-9,14,16-17H,3,5,7,10-11H2,1-2H3,(H,22,24)/t14-,16+,17+/m0/s1. The Morgan fingerprint density at radius 3 is 2.86 bits per heavy atom. The average Bonchev–Trinajstić information content (AvgIpc) is 3.33. The lowest BCUT2D eigenvalue weighted by atomic mass is 9.93. The van der Waals surface area contributed by atoms with Gasteiger partial charge in [-0.1, -0.05) is 0 Å². The lowest BCUT2D eigenvalue weighted by molar-refractivity contribution is -0.132. The second kappa shape index (κ2) is 8.10. The zero-order valence-corrected chi connectivity index (χ0v) is 18.0. The summed E-state index contributed by atoms with van der Waals surface area (Å²) in [6.07, 6.45) is 3.79. The molecule has 2 aliphatic rings. The Morgan fingerprint density at radius 1 is 1.34 bits per heavy atom. The van der Waals surface area contributed by atoms with Gasteiger partial charge >= 0.3 is 0 Å². The van der Waals surface area contributed by atoms with E-state index in [9.17, 15) is 13.2 Å². The van der Waals surface area contributed by atoms with Crippen LogP contribution in [0.2, 0.25) is 0 Å². The zero-order chi connectivity index (χ0) is 20.6. The number of ether oxygens (including phenoxy) is 1. The fraction of sp³-hybridized carbons (Fsp3) is 0.526. The number of aryl methyl sites for hydroxylation is 2. The number of nitrogens with one attached hydrogen (secondary N) is 1. The Morgan fingerprint density at radius 2 is 2.17 bits per heavy atom. The molecule has 0 unspecified atom stereocenters. The predicted octanol–water partition coefficient (Wildman–Crippen LogP) is 1.64. The van der Waals surface area contributed by atoms with Gasteiger partial charge in [0.1, 0.15) is 10.3 Å². The molecule has 3 atom stereocenters.